The lowest BCUT2D eigenvalue weighted by molar-refractivity contribution is -0.137. The Hall–Kier alpha value is -0.750. The first-order valence-corrected chi connectivity index (χ1v) is 7.47. The van der Waals surface area contributed by atoms with Crippen molar-refractivity contribution in [2.45, 2.75) is 37.9 Å². The second-order valence-corrected chi connectivity index (χ2v) is 5.87. The van der Waals surface area contributed by atoms with Gasteiger partial charge < -0.3 is 10.0 Å². The lowest BCUT2D eigenvalue weighted by atomic mass is 9.98. The van der Waals surface area contributed by atoms with E-state index in [1.54, 1.807) is 0 Å². The Bertz CT molecular complexity index is 462. The number of alkyl halides is 3. The quantitative estimate of drug-likeness (QED) is 0.881. The summed E-state index contributed by atoms with van der Waals surface area (Å²) in [6.07, 6.45) is -0.594. The van der Waals surface area contributed by atoms with Crippen molar-refractivity contribution < 1.29 is 18.3 Å². The summed E-state index contributed by atoms with van der Waals surface area (Å²) >= 11 is 3.25. The molecule has 2 rings (SSSR count). The Morgan fingerprint density at radius 3 is 2.65 bits per heavy atom. The molecule has 0 radical (unpaired) electrons. The molecule has 1 aromatic carbocycles. The first-order chi connectivity index (χ1) is 9.43. The normalized spacial score (nSPS) is 20.2. The molecule has 2 nitrogen and oxygen atoms in total. The molecule has 112 valence electrons. The average Bonchev–Trinajstić information content (AvgIpc) is 2.39. The third-order valence-electron chi connectivity index (χ3n) is 3.67. The van der Waals surface area contributed by atoms with E-state index in [2.05, 4.69) is 20.8 Å². The number of benzene rings is 1. The fourth-order valence-corrected chi connectivity index (χ4v) is 3.29. The van der Waals surface area contributed by atoms with Gasteiger partial charge >= 0.3 is 6.18 Å². The van der Waals surface area contributed by atoms with Gasteiger partial charge in [-0.2, -0.15) is 13.2 Å². The van der Waals surface area contributed by atoms with Crippen molar-refractivity contribution in [2.75, 3.05) is 18.1 Å². The summed E-state index contributed by atoms with van der Waals surface area (Å²) < 4.78 is 38.5. The van der Waals surface area contributed by atoms with Gasteiger partial charge in [0.25, 0.3) is 0 Å². The highest BCUT2D eigenvalue weighted by Crippen LogP contribution is 2.37. The molecule has 0 amide bonds. The van der Waals surface area contributed by atoms with E-state index in [0.29, 0.717) is 10.9 Å². The van der Waals surface area contributed by atoms with Gasteiger partial charge in [-0.15, -0.1) is 0 Å². The molecule has 1 aliphatic rings. The van der Waals surface area contributed by atoms with Crippen LogP contribution in [0.15, 0.2) is 22.7 Å². The number of hydrogen-bond donors (Lipinski definition) is 1. The maximum Gasteiger partial charge on any atom is 0.416 e. The Balaban J connectivity index is 2.27. The molecule has 1 unspecified atom stereocenters. The number of piperidine rings is 1. The predicted octanol–water partition coefficient (Wildman–Crippen LogP) is 4.21. The topological polar surface area (TPSA) is 23.5 Å². The Kier molecular flexibility index (Phi) is 4.96. The zero-order valence-corrected chi connectivity index (χ0v) is 12.5. The number of aliphatic hydroxyl groups is 1. The molecule has 1 aliphatic heterocycles. The van der Waals surface area contributed by atoms with Crippen molar-refractivity contribution in [3.8, 4) is 0 Å². The second-order valence-electron chi connectivity index (χ2n) is 5.02. The molecule has 1 heterocycles. The van der Waals surface area contributed by atoms with Gasteiger partial charge in [0, 0.05) is 23.7 Å². The lowest BCUT2D eigenvalue weighted by Crippen LogP contribution is -2.40. The monoisotopic (exact) mass is 351 g/mol. The summed E-state index contributed by atoms with van der Waals surface area (Å²) in [7, 11) is 0. The highest BCUT2D eigenvalue weighted by atomic mass is 79.9. The van der Waals surface area contributed by atoms with Gasteiger partial charge in [0.2, 0.25) is 0 Å². The summed E-state index contributed by atoms with van der Waals surface area (Å²) in [6, 6.07) is 3.95. The molecule has 0 aliphatic carbocycles. The maximum atomic E-state index is 12.7. The SMILES string of the molecule is OCCC1CCCCN1c1ccc(C(F)(F)F)cc1Br. The van der Waals surface area contributed by atoms with Crippen LogP contribution < -0.4 is 4.90 Å². The standard InChI is InChI=1S/C14H17BrF3NO/c15-12-9-10(14(16,17)18)4-5-13(12)19-7-2-1-3-11(19)6-8-20/h4-5,9,11,20H,1-3,6-8H2. The molecule has 1 fully saturated rings. The number of halogens is 4. The lowest BCUT2D eigenvalue weighted by Gasteiger charge is -2.38. The first-order valence-electron chi connectivity index (χ1n) is 6.67. The summed E-state index contributed by atoms with van der Waals surface area (Å²) in [6.45, 7) is 0.911. The van der Waals surface area contributed by atoms with Crippen LogP contribution in [0.3, 0.4) is 0 Å². The molecular formula is C14H17BrF3NO. The maximum absolute atomic E-state index is 12.7. The van der Waals surface area contributed by atoms with Crippen molar-refractivity contribution in [2.24, 2.45) is 0 Å². The van der Waals surface area contributed by atoms with Gasteiger partial charge in [0.05, 0.1) is 11.3 Å². The molecule has 1 saturated heterocycles. The Labute approximate surface area is 124 Å². The zero-order valence-electron chi connectivity index (χ0n) is 11.0. The summed E-state index contributed by atoms with van der Waals surface area (Å²) in [4.78, 5) is 2.10. The second kappa shape index (κ2) is 6.35. The third kappa shape index (κ3) is 3.47. The number of anilines is 1. The third-order valence-corrected chi connectivity index (χ3v) is 4.31. The van der Waals surface area contributed by atoms with Gasteiger partial charge in [-0.25, -0.2) is 0 Å². The van der Waals surface area contributed by atoms with Crippen LogP contribution in [-0.2, 0) is 6.18 Å². The zero-order chi connectivity index (χ0) is 14.8. The minimum absolute atomic E-state index is 0.0966. The molecular weight excluding hydrogens is 335 g/mol. The van der Waals surface area contributed by atoms with Gasteiger partial charge in [-0.05, 0) is 59.8 Å². The molecule has 1 N–H and O–H groups in total. The van der Waals surface area contributed by atoms with Crippen molar-refractivity contribution >= 4 is 21.6 Å². The average molecular weight is 352 g/mol. The van der Waals surface area contributed by atoms with Crippen molar-refractivity contribution in [3.63, 3.8) is 0 Å². The van der Waals surface area contributed by atoms with Crippen LogP contribution in [0.2, 0.25) is 0 Å². The fourth-order valence-electron chi connectivity index (χ4n) is 2.68. The molecule has 6 heteroatoms. The minimum Gasteiger partial charge on any atom is -0.396 e. The number of rotatable bonds is 3. The van der Waals surface area contributed by atoms with Crippen molar-refractivity contribution in [1.82, 2.24) is 0 Å². The molecule has 1 aromatic rings. The van der Waals surface area contributed by atoms with E-state index >= 15 is 0 Å². The highest BCUT2D eigenvalue weighted by Gasteiger charge is 2.32. The minimum atomic E-state index is -4.33. The number of nitrogens with zero attached hydrogens (tertiary/aromatic N) is 1. The largest absolute Gasteiger partial charge is 0.416 e. The van der Waals surface area contributed by atoms with Crippen LogP contribution >= 0.6 is 15.9 Å². The molecule has 0 bridgehead atoms. The molecule has 1 atom stereocenters. The predicted molar refractivity (Wildman–Crippen MR) is 75.8 cm³/mol. The molecule has 20 heavy (non-hydrogen) atoms. The molecule has 0 spiro atoms. The van der Waals surface area contributed by atoms with Crippen molar-refractivity contribution in [1.29, 1.82) is 0 Å². The first kappa shape index (κ1) is 15.6. The van der Waals surface area contributed by atoms with Crippen LogP contribution in [-0.4, -0.2) is 24.3 Å². The summed E-state index contributed by atoms with van der Waals surface area (Å²) in [5.74, 6) is 0. The van der Waals surface area contributed by atoms with E-state index in [-0.39, 0.29) is 12.6 Å². The van der Waals surface area contributed by atoms with E-state index in [0.717, 1.165) is 43.6 Å². The Morgan fingerprint density at radius 1 is 1.30 bits per heavy atom. The van der Waals surface area contributed by atoms with Crippen LogP contribution in [0.25, 0.3) is 0 Å². The van der Waals surface area contributed by atoms with Gasteiger partial charge in [0.15, 0.2) is 0 Å². The van der Waals surface area contributed by atoms with E-state index in [9.17, 15) is 13.2 Å². The van der Waals surface area contributed by atoms with Gasteiger partial charge in [-0.1, -0.05) is 0 Å². The van der Waals surface area contributed by atoms with Crippen LogP contribution in [0, 0.1) is 0 Å². The van der Waals surface area contributed by atoms with Gasteiger partial charge in [0.1, 0.15) is 0 Å². The van der Waals surface area contributed by atoms with Crippen LogP contribution in [0.5, 0.6) is 0 Å². The molecule has 0 aromatic heterocycles. The Morgan fingerprint density at radius 2 is 2.05 bits per heavy atom. The summed E-state index contributed by atoms with van der Waals surface area (Å²) in [5, 5.41) is 9.12. The highest BCUT2D eigenvalue weighted by molar-refractivity contribution is 9.10. The van der Waals surface area contributed by atoms with E-state index in [4.69, 9.17) is 5.11 Å². The van der Waals surface area contributed by atoms with Gasteiger partial charge in [-0.3, -0.25) is 0 Å². The summed E-state index contributed by atoms with van der Waals surface area (Å²) in [5.41, 5.74) is 0.125. The van der Waals surface area contributed by atoms with E-state index in [1.165, 1.54) is 6.07 Å². The fraction of sp³-hybridized carbons (Fsp3) is 0.571. The van der Waals surface area contributed by atoms with Crippen molar-refractivity contribution in [3.05, 3.63) is 28.2 Å². The number of hydrogen-bond acceptors (Lipinski definition) is 2. The van der Waals surface area contributed by atoms with E-state index < -0.39 is 11.7 Å². The van der Waals surface area contributed by atoms with Crippen LogP contribution in [0.1, 0.15) is 31.2 Å². The van der Waals surface area contributed by atoms with Crippen LogP contribution in [0.4, 0.5) is 18.9 Å². The number of aliphatic hydroxyl groups excluding tert-OH is 1. The smallest absolute Gasteiger partial charge is 0.396 e. The van der Waals surface area contributed by atoms with E-state index in [1.807, 2.05) is 0 Å². The molecule has 0 saturated carbocycles.